The molecule has 0 bridgehead atoms. The van der Waals surface area contributed by atoms with Crippen LogP contribution in [-0.2, 0) is 14.3 Å². The number of hydrogen-bond acceptors (Lipinski definition) is 4. The lowest BCUT2D eigenvalue weighted by molar-refractivity contribution is -0.140. The molecule has 0 aromatic rings. The molecule has 0 aliphatic rings. The smallest absolute Gasteiger partial charge is 0.305 e. The maximum absolute atomic E-state index is 11.0. The normalized spacial score (nSPS) is 14.3. The summed E-state index contributed by atoms with van der Waals surface area (Å²) in [6, 6.07) is 0. The molecule has 0 saturated carbocycles. The molecule has 0 radical (unpaired) electrons. The van der Waals surface area contributed by atoms with E-state index in [1.165, 1.54) is 58.5 Å². The zero-order valence-electron chi connectivity index (χ0n) is 24.6. The van der Waals surface area contributed by atoms with Gasteiger partial charge in [-0.15, -0.1) is 0 Å². The summed E-state index contributed by atoms with van der Waals surface area (Å²) in [5.41, 5.74) is 0. The van der Waals surface area contributed by atoms with E-state index in [4.69, 9.17) is 4.74 Å². The minimum Gasteiger partial charge on any atom is -0.469 e. The van der Waals surface area contributed by atoms with Gasteiger partial charge < -0.3 is 14.6 Å². The molecule has 4 nitrogen and oxygen atoms in total. The number of aliphatic hydroxyl groups excluding tert-OH is 1. The van der Waals surface area contributed by atoms with Crippen molar-refractivity contribution in [2.24, 2.45) is 0 Å². The van der Waals surface area contributed by atoms with Crippen LogP contribution in [0.2, 0.25) is 0 Å². The van der Waals surface area contributed by atoms with Gasteiger partial charge in [0, 0.05) is 13.5 Å². The van der Waals surface area contributed by atoms with Crippen LogP contribution < -0.4 is 0 Å². The highest BCUT2D eigenvalue weighted by molar-refractivity contribution is 5.68. The molecular formula is C34H56O4. The number of methoxy groups -OCH3 is 2. The topological polar surface area (TPSA) is 55.8 Å². The third-order valence-electron chi connectivity index (χ3n) is 6.28. The van der Waals surface area contributed by atoms with E-state index >= 15 is 0 Å². The largest absolute Gasteiger partial charge is 0.469 e. The molecule has 0 aliphatic carbocycles. The van der Waals surface area contributed by atoms with E-state index in [0.29, 0.717) is 12.8 Å². The fourth-order valence-electron chi connectivity index (χ4n) is 3.91. The van der Waals surface area contributed by atoms with E-state index in [9.17, 15) is 9.90 Å². The van der Waals surface area contributed by atoms with E-state index < -0.39 is 6.10 Å². The van der Waals surface area contributed by atoms with Crippen LogP contribution in [0.15, 0.2) is 72.9 Å². The molecule has 0 heterocycles. The fourth-order valence-corrected chi connectivity index (χ4v) is 3.91. The molecule has 1 N–H and O–H groups in total. The highest BCUT2D eigenvalue weighted by Gasteiger charge is 1.99. The molecule has 0 aromatic heterocycles. The van der Waals surface area contributed by atoms with Crippen molar-refractivity contribution in [2.75, 3.05) is 14.2 Å². The first-order chi connectivity index (χ1) is 18.6. The number of rotatable bonds is 25. The number of hydrogen-bond donors (Lipinski definition) is 1. The van der Waals surface area contributed by atoms with Crippen molar-refractivity contribution in [3.8, 4) is 0 Å². The summed E-state index contributed by atoms with van der Waals surface area (Å²) in [5.74, 6) is -0.0868. The van der Waals surface area contributed by atoms with Crippen LogP contribution in [0.1, 0.15) is 110 Å². The van der Waals surface area contributed by atoms with Gasteiger partial charge in [0.15, 0.2) is 0 Å². The molecule has 2 atom stereocenters. The summed E-state index contributed by atoms with van der Waals surface area (Å²) >= 11 is 0. The Balaban J connectivity index is 3.63. The SMILES string of the molecule is CC/C=C\C[C@@H](\C=C/C=C/C=C/[C@H](O)C/C=C\C/C=C\CCCCCCCCCCCCC(=O)OC)OC. The monoisotopic (exact) mass is 528 g/mol. The number of allylic oxidation sites excluding steroid dienone is 8. The molecule has 0 fully saturated rings. The number of aliphatic hydroxyl groups is 1. The number of unbranched alkanes of at least 4 members (excludes halogenated alkanes) is 10. The third kappa shape index (κ3) is 26.9. The highest BCUT2D eigenvalue weighted by Crippen LogP contribution is 2.12. The van der Waals surface area contributed by atoms with Crippen LogP contribution >= 0.6 is 0 Å². The second kappa shape index (κ2) is 29.4. The average Bonchev–Trinajstić information content (AvgIpc) is 2.93. The predicted molar refractivity (Wildman–Crippen MR) is 163 cm³/mol. The van der Waals surface area contributed by atoms with Gasteiger partial charge in [-0.25, -0.2) is 0 Å². The second-order valence-corrected chi connectivity index (χ2v) is 9.68. The van der Waals surface area contributed by atoms with Crippen molar-refractivity contribution in [3.05, 3.63) is 72.9 Å². The Morgan fingerprint density at radius 1 is 0.684 bits per heavy atom. The van der Waals surface area contributed by atoms with Crippen molar-refractivity contribution in [1.29, 1.82) is 0 Å². The number of ether oxygens (including phenoxy) is 2. The zero-order chi connectivity index (χ0) is 27.9. The van der Waals surface area contributed by atoms with Gasteiger partial charge in [0.25, 0.3) is 0 Å². The minimum atomic E-state index is -0.457. The lowest BCUT2D eigenvalue weighted by atomic mass is 10.1. The Labute approximate surface area is 234 Å². The highest BCUT2D eigenvalue weighted by atomic mass is 16.5. The molecule has 0 saturated heterocycles. The van der Waals surface area contributed by atoms with E-state index in [2.05, 4.69) is 48.1 Å². The molecule has 38 heavy (non-hydrogen) atoms. The first-order valence-corrected chi connectivity index (χ1v) is 14.9. The van der Waals surface area contributed by atoms with Crippen molar-refractivity contribution in [3.63, 3.8) is 0 Å². The van der Waals surface area contributed by atoms with Gasteiger partial charge in [-0.05, 0) is 44.9 Å². The summed E-state index contributed by atoms with van der Waals surface area (Å²) in [6.45, 7) is 2.12. The number of esters is 1. The predicted octanol–water partition coefficient (Wildman–Crippen LogP) is 9.13. The molecule has 0 amide bonds. The van der Waals surface area contributed by atoms with Crippen LogP contribution in [0, 0.1) is 0 Å². The first kappa shape index (κ1) is 35.8. The summed E-state index contributed by atoms with van der Waals surface area (Å²) in [6.07, 6.45) is 41.9. The Morgan fingerprint density at radius 2 is 1.26 bits per heavy atom. The van der Waals surface area contributed by atoms with Gasteiger partial charge in [0.1, 0.15) is 0 Å². The first-order valence-electron chi connectivity index (χ1n) is 14.9. The van der Waals surface area contributed by atoms with Gasteiger partial charge in [-0.1, -0.05) is 131 Å². The molecule has 0 rings (SSSR count). The van der Waals surface area contributed by atoms with Crippen molar-refractivity contribution in [2.45, 2.75) is 122 Å². The maximum atomic E-state index is 11.0. The molecule has 0 aliphatic heterocycles. The van der Waals surface area contributed by atoms with Gasteiger partial charge in [0.05, 0.1) is 19.3 Å². The zero-order valence-corrected chi connectivity index (χ0v) is 24.6. The standard InChI is InChI=1S/C34H56O4/c1-4-5-22-29-33(37-2)30-25-21-20-24-28-32(35)27-23-18-16-14-12-10-8-6-7-9-11-13-15-17-19-26-31-34(36)38-3/h5,12,14,18,20-25,28,30,32-33,35H,4,6-11,13,15-17,19,26-27,29,31H2,1-3H3/b14-12-,21-20+,22-5-,23-18-,28-24+,30-25-/t32-,33+/m1/s1. The van der Waals surface area contributed by atoms with E-state index in [0.717, 1.165) is 38.5 Å². The van der Waals surface area contributed by atoms with Crippen LogP contribution in [-0.4, -0.2) is 37.5 Å². The average molecular weight is 529 g/mol. The Bertz CT molecular complexity index is 699. The summed E-state index contributed by atoms with van der Waals surface area (Å²) < 4.78 is 10.1. The summed E-state index contributed by atoms with van der Waals surface area (Å²) in [4.78, 5) is 11.0. The van der Waals surface area contributed by atoms with Crippen molar-refractivity contribution in [1.82, 2.24) is 0 Å². The fraction of sp³-hybridized carbons (Fsp3) is 0.618. The molecule has 0 unspecified atom stereocenters. The summed E-state index contributed by atoms with van der Waals surface area (Å²) in [7, 11) is 3.18. The molecule has 216 valence electrons. The van der Waals surface area contributed by atoms with E-state index in [1.807, 2.05) is 36.5 Å². The molecule has 0 aromatic carbocycles. The lowest BCUT2D eigenvalue weighted by Gasteiger charge is -2.06. The Kier molecular flexibility index (Phi) is 27.7. The Morgan fingerprint density at radius 3 is 1.89 bits per heavy atom. The van der Waals surface area contributed by atoms with Crippen LogP contribution in [0.3, 0.4) is 0 Å². The van der Waals surface area contributed by atoms with Gasteiger partial charge in [-0.2, -0.15) is 0 Å². The van der Waals surface area contributed by atoms with Crippen LogP contribution in [0.25, 0.3) is 0 Å². The Hall–Kier alpha value is -2.17. The second-order valence-electron chi connectivity index (χ2n) is 9.68. The van der Waals surface area contributed by atoms with Crippen molar-refractivity contribution < 1.29 is 19.4 Å². The van der Waals surface area contributed by atoms with Gasteiger partial charge >= 0.3 is 5.97 Å². The van der Waals surface area contributed by atoms with Gasteiger partial charge in [-0.3, -0.25) is 4.79 Å². The molecular weight excluding hydrogens is 472 g/mol. The maximum Gasteiger partial charge on any atom is 0.305 e. The van der Waals surface area contributed by atoms with Crippen LogP contribution in [0.4, 0.5) is 0 Å². The van der Waals surface area contributed by atoms with Crippen molar-refractivity contribution >= 4 is 5.97 Å². The van der Waals surface area contributed by atoms with Crippen LogP contribution in [0.5, 0.6) is 0 Å². The number of carbonyl (C=O) groups excluding carboxylic acids is 1. The van der Waals surface area contributed by atoms with E-state index in [-0.39, 0.29) is 12.1 Å². The quantitative estimate of drug-likeness (QED) is 0.0555. The lowest BCUT2D eigenvalue weighted by Crippen LogP contribution is -2.04. The number of carbonyl (C=O) groups is 1. The summed E-state index contributed by atoms with van der Waals surface area (Å²) in [5, 5.41) is 10.1. The molecule has 4 heteroatoms. The third-order valence-corrected chi connectivity index (χ3v) is 6.28. The minimum absolute atomic E-state index is 0.0868. The van der Waals surface area contributed by atoms with Gasteiger partial charge in [0.2, 0.25) is 0 Å². The molecule has 0 spiro atoms. The van der Waals surface area contributed by atoms with E-state index in [1.54, 1.807) is 7.11 Å².